The molecule has 0 radical (unpaired) electrons. The number of hydrogen-bond acceptors (Lipinski definition) is 5. The van der Waals surface area contributed by atoms with Crippen LogP contribution in [0.1, 0.15) is 111 Å². The van der Waals surface area contributed by atoms with Crippen molar-refractivity contribution in [1.29, 1.82) is 0 Å². The lowest BCUT2D eigenvalue weighted by Crippen LogP contribution is -2.19. The molecule has 0 spiro atoms. The summed E-state index contributed by atoms with van der Waals surface area (Å²) in [6.45, 7) is 25.8. The maximum absolute atomic E-state index is 14.4. The number of alkyl halides is 1. The number of halogens is 1. The topological polar surface area (TPSA) is 128 Å². The highest BCUT2D eigenvalue weighted by Gasteiger charge is 2.27. The first kappa shape index (κ1) is 52.3. The number of nitrogens with zero attached hydrogens (tertiary/aromatic N) is 3. The van der Waals surface area contributed by atoms with Crippen LogP contribution in [0.4, 0.5) is 11.4 Å². The molecule has 4 N–H and O–H groups in total. The van der Waals surface area contributed by atoms with Gasteiger partial charge in [-0.2, -0.15) is 0 Å². The van der Waals surface area contributed by atoms with Gasteiger partial charge in [-0.25, -0.2) is 9.97 Å². The zero-order chi connectivity index (χ0) is 54.6. The molecule has 0 aliphatic carbocycles. The van der Waals surface area contributed by atoms with Gasteiger partial charge < -0.3 is 20.6 Å². The molecule has 6 heterocycles. The van der Waals surface area contributed by atoms with Gasteiger partial charge in [0, 0.05) is 68.7 Å². The Kier molecular flexibility index (Phi) is 14.1. The normalized spacial score (nSPS) is 12.1. The van der Waals surface area contributed by atoms with Crippen molar-refractivity contribution in [2.45, 2.75) is 101 Å². The lowest BCUT2D eigenvalue weighted by Gasteiger charge is -2.25. The number of carbonyl (C=O) groups excluding carboxylic acids is 2. The average Bonchev–Trinajstić information content (AvgIpc) is 4.24. The highest BCUT2D eigenvalue weighted by molar-refractivity contribution is 6.29. The van der Waals surface area contributed by atoms with E-state index in [1.54, 1.807) is 12.4 Å². The summed E-state index contributed by atoms with van der Waals surface area (Å²) in [5.74, 6) is -0.856. The van der Waals surface area contributed by atoms with Crippen LogP contribution in [0.3, 0.4) is 0 Å². The van der Waals surface area contributed by atoms with Gasteiger partial charge in [-0.15, -0.1) is 11.6 Å². The van der Waals surface area contributed by atoms with E-state index >= 15 is 0 Å². The predicted octanol–water partition coefficient (Wildman–Crippen LogP) is 16.5. The molecule has 8 bridgehead atoms. The Hall–Kier alpha value is -8.14. The van der Waals surface area contributed by atoms with Gasteiger partial charge in [-0.3, -0.25) is 14.6 Å². The van der Waals surface area contributed by atoms with Gasteiger partial charge >= 0.3 is 0 Å². The average molecular weight is 1040 g/mol. The lowest BCUT2D eigenvalue weighted by atomic mass is 9.84. The van der Waals surface area contributed by atoms with Gasteiger partial charge in [0.1, 0.15) is 5.88 Å². The van der Waals surface area contributed by atoms with Crippen molar-refractivity contribution in [3.05, 3.63) is 181 Å². The molecule has 0 atom stereocenters. The maximum atomic E-state index is 14.4. The zero-order valence-electron chi connectivity index (χ0n) is 46.2. The molecule has 2 amide bonds. The molecule has 77 heavy (non-hydrogen) atoms. The Bertz CT molecular complexity index is 3850. The van der Waals surface area contributed by atoms with Crippen LogP contribution in [0, 0.1) is 62.3 Å². The maximum Gasteiger partial charge on any atom is 0.239 e. The number of aromatic amines is 2. The SMILES string of the molecule is Cc1cc(C)c(-c2c3nc(c(-c4c(C)cc(C)cc4C)c4ccc([nH]4)c(-c4c(NC(=O)CCl)cc(C(C)(C)C)cc4NC(=O)CCc4cccnc4)c4nc(c(-c5c(C)cc(C)cc5C)c5ccc2[nH]5)C=C4)C=C3)c(C)c1. The largest absolute Gasteiger partial charge is 0.354 e. The number of hydrogen-bond donors (Lipinski definition) is 4. The number of amides is 2. The number of aromatic nitrogens is 5. The summed E-state index contributed by atoms with van der Waals surface area (Å²) >= 11 is 6.33. The van der Waals surface area contributed by atoms with E-state index in [4.69, 9.17) is 21.6 Å². The van der Waals surface area contributed by atoms with Gasteiger partial charge in [0.05, 0.1) is 34.2 Å². The molecule has 2 aliphatic heterocycles. The number of fused-ring (bicyclic) bond motifs is 8. The summed E-state index contributed by atoms with van der Waals surface area (Å²) in [4.78, 5) is 51.7. The Morgan fingerprint density at radius 2 is 0.857 bits per heavy atom. The Balaban J connectivity index is 1.40. The number of anilines is 2. The summed E-state index contributed by atoms with van der Waals surface area (Å²) in [6, 6.07) is 29.8. The summed E-state index contributed by atoms with van der Waals surface area (Å²) < 4.78 is 0. The number of aryl methyl sites for hydroxylation is 10. The molecule has 388 valence electrons. The Morgan fingerprint density at radius 3 is 1.19 bits per heavy atom. The molecule has 4 aromatic carbocycles. The second-order valence-electron chi connectivity index (χ2n) is 22.1. The second kappa shape index (κ2) is 20.8. The fourth-order valence-electron chi connectivity index (χ4n) is 11.7. The van der Waals surface area contributed by atoms with Crippen molar-refractivity contribution in [1.82, 2.24) is 24.9 Å². The van der Waals surface area contributed by atoms with Crippen molar-refractivity contribution in [3.63, 3.8) is 0 Å². The first-order valence-corrected chi connectivity index (χ1v) is 26.9. The van der Waals surface area contributed by atoms with Crippen molar-refractivity contribution in [3.8, 4) is 44.5 Å². The van der Waals surface area contributed by atoms with Crippen LogP contribution in [-0.2, 0) is 21.4 Å². The monoisotopic (exact) mass is 1040 g/mol. The number of benzene rings is 4. The van der Waals surface area contributed by atoms with E-state index in [2.05, 4.69) is 188 Å². The molecule has 4 aromatic heterocycles. The van der Waals surface area contributed by atoms with E-state index in [0.717, 1.165) is 112 Å². The van der Waals surface area contributed by atoms with Gasteiger partial charge in [-0.05, 0) is 202 Å². The lowest BCUT2D eigenvalue weighted by molar-refractivity contribution is -0.116. The molecule has 0 saturated heterocycles. The quantitative estimate of drug-likeness (QED) is 0.101. The van der Waals surface area contributed by atoms with Crippen molar-refractivity contribution in [2.75, 3.05) is 16.5 Å². The van der Waals surface area contributed by atoms with Crippen LogP contribution >= 0.6 is 11.6 Å². The summed E-state index contributed by atoms with van der Waals surface area (Å²) in [5, 5.41) is 6.53. The highest BCUT2D eigenvalue weighted by atomic mass is 35.5. The van der Waals surface area contributed by atoms with Crippen LogP contribution in [0.2, 0.25) is 0 Å². The standard InChI is InChI=1S/C67H66ClN7O2/c1-36-26-39(4)59(40(5)27-36)62-47-16-18-49(70-47)63(60-41(6)28-37(2)29-42(60)7)51-20-22-53(72-51)65(54-23-21-52(73-54)64(50-19-17-48(62)71-50)61-43(8)30-38(3)31-44(61)9)66-55(74-57(76)24-15-45-14-13-25-69-35-45)32-46(67(10,11)12)33-56(66)75-58(77)34-68/h13-14,16-23,25-33,35,70,73H,15,24,34H2,1-12H3,(H,74,76)(H,75,77). The van der Waals surface area contributed by atoms with Gasteiger partial charge in [-0.1, -0.05) is 79.9 Å². The third-order valence-corrected chi connectivity index (χ3v) is 15.1. The minimum atomic E-state index is -0.389. The molecule has 9 nitrogen and oxygen atoms in total. The van der Waals surface area contributed by atoms with Crippen molar-refractivity contribution in [2.24, 2.45) is 0 Å². The molecule has 10 heteroatoms. The molecule has 0 saturated carbocycles. The highest BCUT2D eigenvalue weighted by Crippen LogP contribution is 2.46. The third-order valence-electron chi connectivity index (χ3n) is 14.8. The molecular formula is C67H66ClN7O2. The summed E-state index contributed by atoms with van der Waals surface area (Å²) in [5.41, 5.74) is 26.6. The second-order valence-corrected chi connectivity index (χ2v) is 22.4. The van der Waals surface area contributed by atoms with Gasteiger partial charge in [0.25, 0.3) is 0 Å². The number of pyridine rings is 1. The van der Waals surface area contributed by atoms with Crippen LogP contribution in [-0.4, -0.2) is 42.6 Å². The van der Waals surface area contributed by atoms with Crippen LogP contribution in [0.15, 0.2) is 97.3 Å². The third kappa shape index (κ3) is 10.3. The Morgan fingerprint density at radius 1 is 0.494 bits per heavy atom. The fraction of sp³-hybridized carbons (Fsp3) is 0.239. The first-order chi connectivity index (χ1) is 36.8. The molecule has 8 aromatic rings. The van der Waals surface area contributed by atoms with E-state index in [1.807, 2.05) is 30.3 Å². The smallest absolute Gasteiger partial charge is 0.239 e. The van der Waals surface area contributed by atoms with Crippen molar-refractivity contribution >= 4 is 81.2 Å². The van der Waals surface area contributed by atoms with E-state index < -0.39 is 0 Å². The number of H-pyrrole nitrogens is 2. The van der Waals surface area contributed by atoms with Crippen LogP contribution in [0.5, 0.6) is 0 Å². The number of carbonyl (C=O) groups is 2. The van der Waals surface area contributed by atoms with E-state index in [1.165, 1.54) is 16.7 Å². The first-order valence-electron chi connectivity index (χ1n) is 26.4. The Labute approximate surface area is 457 Å². The summed E-state index contributed by atoms with van der Waals surface area (Å²) in [6.07, 6.45) is 12.6. The van der Waals surface area contributed by atoms with Gasteiger partial charge in [0.2, 0.25) is 11.8 Å². The van der Waals surface area contributed by atoms with E-state index in [0.29, 0.717) is 40.1 Å². The molecule has 2 aliphatic rings. The fourth-order valence-corrected chi connectivity index (χ4v) is 11.8. The molecule has 0 unspecified atom stereocenters. The minimum Gasteiger partial charge on any atom is -0.354 e. The zero-order valence-corrected chi connectivity index (χ0v) is 47.0. The molecular weight excluding hydrogens is 970 g/mol. The molecule has 10 rings (SSSR count). The predicted molar refractivity (Wildman–Crippen MR) is 322 cm³/mol. The molecule has 0 fully saturated rings. The number of nitrogens with one attached hydrogen (secondary N) is 4. The van der Waals surface area contributed by atoms with Crippen LogP contribution in [0.25, 0.3) is 90.9 Å². The van der Waals surface area contributed by atoms with Gasteiger partial charge in [0.15, 0.2) is 0 Å². The van der Waals surface area contributed by atoms with E-state index in [9.17, 15) is 9.59 Å². The van der Waals surface area contributed by atoms with Crippen molar-refractivity contribution < 1.29 is 9.59 Å². The van der Waals surface area contributed by atoms with E-state index in [-0.39, 0.29) is 29.5 Å². The number of rotatable bonds is 10. The summed E-state index contributed by atoms with van der Waals surface area (Å²) in [7, 11) is 0. The minimum absolute atomic E-state index is 0.192. The van der Waals surface area contributed by atoms with Crippen LogP contribution < -0.4 is 10.6 Å².